The molecule has 3 aromatic carbocycles. The summed E-state index contributed by atoms with van der Waals surface area (Å²) in [6, 6.07) is 25.3. The van der Waals surface area contributed by atoms with E-state index in [0.717, 1.165) is 22.3 Å². The lowest BCUT2D eigenvalue weighted by molar-refractivity contribution is -0.142. The highest BCUT2D eigenvalue weighted by Gasteiger charge is 2.17. The molecule has 0 amide bonds. The lowest BCUT2D eigenvalue weighted by Gasteiger charge is -2.15. The molecule has 3 rings (SSSR count). The Morgan fingerprint density at radius 1 is 0.880 bits per heavy atom. The van der Waals surface area contributed by atoms with Gasteiger partial charge in [0, 0.05) is 0 Å². The Labute approximate surface area is 146 Å². The van der Waals surface area contributed by atoms with Crippen LogP contribution >= 0.6 is 0 Å². The van der Waals surface area contributed by atoms with E-state index in [-0.39, 0.29) is 0 Å². The molecule has 0 fully saturated rings. The van der Waals surface area contributed by atoms with E-state index >= 15 is 0 Å². The summed E-state index contributed by atoms with van der Waals surface area (Å²) in [4.78, 5) is 11.1. The van der Waals surface area contributed by atoms with Crippen molar-refractivity contribution in [2.75, 3.05) is 0 Å². The first-order valence-corrected chi connectivity index (χ1v) is 7.79. The van der Waals surface area contributed by atoms with Crippen LogP contribution in [0.3, 0.4) is 0 Å². The maximum absolute atomic E-state index is 11.1. The number of benzene rings is 3. The molecule has 0 aliphatic carbocycles. The molecule has 3 aromatic rings. The fourth-order valence-corrected chi connectivity index (χ4v) is 2.61. The summed E-state index contributed by atoms with van der Waals surface area (Å²) in [5.74, 6) is 1.37. The molecule has 1 unspecified atom stereocenters. The van der Waals surface area contributed by atoms with Gasteiger partial charge in [0.2, 0.25) is 0 Å². The van der Waals surface area contributed by atoms with Gasteiger partial charge in [0.05, 0.1) is 0 Å². The molecule has 0 aromatic heterocycles. The first-order valence-electron chi connectivity index (χ1n) is 7.79. The lowest BCUT2D eigenvalue weighted by atomic mass is 9.94. The summed E-state index contributed by atoms with van der Waals surface area (Å²) >= 11 is 0. The number of terminal acetylenes is 1. The van der Waals surface area contributed by atoms with Crippen molar-refractivity contribution in [1.82, 2.24) is 0 Å². The molecule has 3 heteroatoms. The van der Waals surface area contributed by atoms with E-state index in [4.69, 9.17) is 16.3 Å². The van der Waals surface area contributed by atoms with E-state index < -0.39 is 12.1 Å². The number of hydrogen-bond donors (Lipinski definition) is 1. The molecular formula is C22H16O3. The minimum Gasteiger partial charge on any atom is -0.478 e. The van der Waals surface area contributed by atoms with Crippen molar-refractivity contribution in [3.63, 3.8) is 0 Å². The van der Waals surface area contributed by atoms with Crippen molar-refractivity contribution >= 4 is 5.97 Å². The average Bonchev–Trinajstić information content (AvgIpc) is 2.67. The number of ether oxygens (including phenoxy) is 1. The van der Waals surface area contributed by atoms with Crippen LogP contribution in [0.2, 0.25) is 0 Å². The lowest BCUT2D eigenvalue weighted by Crippen LogP contribution is -2.24. The number of hydrogen-bond acceptors (Lipinski definition) is 2. The number of rotatable bonds is 5. The second-order valence-electron chi connectivity index (χ2n) is 5.44. The van der Waals surface area contributed by atoms with E-state index in [9.17, 15) is 4.79 Å². The Morgan fingerprint density at radius 2 is 1.44 bits per heavy atom. The minimum atomic E-state index is -1.31. The molecule has 0 radical (unpaired) electrons. The fourth-order valence-electron chi connectivity index (χ4n) is 2.61. The second-order valence-corrected chi connectivity index (χ2v) is 5.44. The largest absolute Gasteiger partial charge is 0.478 e. The van der Waals surface area contributed by atoms with Gasteiger partial charge in [-0.3, -0.25) is 0 Å². The first-order chi connectivity index (χ1) is 12.2. The van der Waals surface area contributed by atoms with Gasteiger partial charge in [0.25, 0.3) is 6.10 Å². The molecule has 1 atom stereocenters. The van der Waals surface area contributed by atoms with Crippen LogP contribution in [0.4, 0.5) is 0 Å². The summed E-state index contributed by atoms with van der Waals surface area (Å²) in [5, 5.41) is 9.09. The second kappa shape index (κ2) is 7.37. The molecule has 0 aliphatic rings. The van der Waals surface area contributed by atoms with Crippen molar-refractivity contribution in [2.45, 2.75) is 6.10 Å². The topological polar surface area (TPSA) is 46.5 Å². The number of carboxylic acid groups (broad SMARTS) is 1. The van der Waals surface area contributed by atoms with Gasteiger partial charge in [-0.15, -0.1) is 6.42 Å². The Hall–Kier alpha value is -3.51. The van der Waals surface area contributed by atoms with Crippen LogP contribution in [-0.4, -0.2) is 17.2 Å². The van der Waals surface area contributed by atoms with E-state index in [1.807, 2.05) is 72.8 Å². The van der Waals surface area contributed by atoms with Gasteiger partial charge < -0.3 is 9.84 Å². The Bertz CT molecular complexity index is 909. The minimum absolute atomic E-state index is 0.420. The van der Waals surface area contributed by atoms with Gasteiger partial charge in [-0.2, -0.15) is 0 Å². The summed E-state index contributed by atoms with van der Waals surface area (Å²) in [7, 11) is 0. The highest BCUT2D eigenvalue weighted by molar-refractivity contribution is 5.84. The summed E-state index contributed by atoms with van der Waals surface area (Å²) in [6.07, 6.45) is 3.92. The predicted octanol–water partition coefficient (Wildman–Crippen LogP) is 4.49. The van der Waals surface area contributed by atoms with Gasteiger partial charge >= 0.3 is 5.97 Å². The SMILES string of the molecule is C#CC(Oc1ccc(-c2ccccc2)c(-c2ccccc2)c1)C(=O)O. The smallest absolute Gasteiger partial charge is 0.357 e. The van der Waals surface area contributed by atoms with Crippen molar-refractivity contribution in [1.29, 1.82) is 0 Å². The molecule has 0 spiro atoms. The van der Waals surface area contributed by atoms with Crippen molar-refractivity contribution < 1.29 is 14.6 Å². The molecule has 0 saturated heterocycles. The summed E-state index contributed by atoms with van der Waals surface area (Å²) < 4.78 is 5.44. The molecular weight excluding hydrogens is 312 g/mol. The molecule has 0 bridgehead atoms. The maximum Gasteiger partial charge on any atom is 0.357 e. The standard InChI is InChI=1S/C22H16O3/c1-2-21(22(23)24)25-18-13-14-19(16-9-5-3-6-10-16)20(15-18)17-11-7-4-8-12-17/h1,3-15,21H,(H,23,24). The van der Waals surface area contributed by atoms with E-state index in [0.29, 0.717) is 5.75 Å². The number of aliphatic carboxylic acids is 1. The molecule has 122 valence electrons. The van der Waals surface area contributed by atoms with Gasteiger partial charge in [0.15, 0.2) is 0 Å². The highest BCUT2D eigenvalue weighted by atomic mass is 16.5. The van der Waals surface area contributed by atoms with Gasteiger partial charge in [0.1, 0.15) is 5.75 Å². The van der Waals surface area contributed by atoms with Gasteiger partial charge in [-0.1, -0.05) is 72.7 Å². The molecule has 0 heterocycles. The van der Waals surface area contributed by atoms with Crippen LogP contribution < -0.4 is 4.74 Å². The van der Waals surface area contributed by atoms with E-state index in [1.165, 1.54) is 0 Å². The third kappa shape index (κ3) is 3.70. The fraction of sp³-hybridized carbons (Fsp3) is 0.0455. The van der Waals surface area contributed by atoms with Gasteiger partial charge in [-0.25, -0.2) is 4.79 Å². The number of carboxylic acids is 1. The van der Waals surface area contributed by atoms with Crippen LogP contribution in [0.1, 0.15) is 0 Å². The van der Waals surface area contributed by atoms with Crippen molar-refractivity contribution in [3.05, 3.63) is 78.9 Å². The third-order valence-electron chi connectivity index (χ3n) is 3.79. The predicted molar refractivity (Wildman–Crippen MR) is 98.2 cm³/mol. The number of carbonyl (C=O) groups is 1. The van der Waals surface area contributed by atoms with Crippen molar-refractivity contribution in [3.8, 4) is 40.3 Å². The van der Waals surface area contributed by atoms with Crippen LogP contribution in [0.25, 0.3) is 22.3 Å². The average molecular weight is 328 g/mol. The Morgan fingerprint density at radius 3 is 1.96 bits per heavy atom. The molecule has 0 saturated carbocycles. The van der Waals surface area contributed by atoms with E-state index in [2.05, 4.69) is 5.92 Å². The zero-order chi connectivity index (χ0) is 17.6. The highest BCUT2D eigenvalue weighted by Crippen LogP contribution is 2.35. The quantitative estimate of drug-likeness (QED) is 0.702. The van der Waals surface area contributed by atoms with Crippen LogP contribution in [0.15, 0.2) is 78.9 Å². The molecule has 0 aliphatic heterocycles. The maximum atomic E-state index is 11.1. The van der Waals surface area contributed by atoms with Crippen LogP contribution in [0, 0.1) is 12.3 Å². The summed E-state index contributed by atoms with van der Waals surface area (Å²) in [5.41, 5.74) is 4.07. The van der Waals surface area contributed by atoms with Gasteiger partial charge in [-0.05, 0) is 34.4 Å². The normalized spacial score (nSPS) is 11.3. The summed E-state index contributed by atoms with van der Waals surface area (Å²) in [6.45, 7) is 0. The third-order valence-corrected chi connectivity index (χ3v) is 3.79. The molecule has 25 heavy (non-hydrogen) atoms. The Balaban J connectivity index is 2.09. The monoisotopic (exact) mass is 328 g/mol. The zero-order valence-corrected chi connectivity index (χ0v) is 13.4. The van der Waals surface area contributed by atoms with Crippen LogP contribution in [0.5, 0.6) is 5.75 Å². The van der Waals surface area contributed by atoms with Crippen LogP contribution in [-0.2, 0) is 4.79 Å². The van der Waals surface area contributed by atoms with Crippen molar-refractivity contribution in [2.24, 2.45) is 0 Å². The van der Waals surface area contributed by atoms with E-state index in [1.54, 1.807) is 6.07 Å². The molecule has 1 N–H and O–H groups in total. The Kier molecular flexibility index (Phi) is 4.82. The first kappa shape index (κ1) is 16.4. The zero-order valence-electron chi connectivity index (χ0n) is 13.4. The molecule has 3 nitrogen and oxygen atoms in total.